The van der Waals surface area contributed by atoms with Gasteiger partial charge in [-0.25, -0.2) is 0 Å². The number of nitrogens with zero attached hydrogens (tertiary/aromatic N) is 3. The van der Waals surface area contributed by atoms with Gasteiger partial charge in [0, 0.05) is 7.05 Å². The number of nitro benzene ring substituents is 3. The zero-order valence-corrected chi connectivity index (χ0v) is 8.45. The molecule has 1 rings (SSSR count). The number of nitrogens with one attached hydrogen (secondary N) is 1. The zero-order chi connectivity index (χ0) is 13.2. The van der Waals surface area contributed by atoms with Crippen LogP contribution in [0.5, 0.6) is 0 Å². The predicted molar refractivity (Wildman–Crippen MR) is 56.0 cm³/mol. The van der Waals surface area contributed by atoms with Crippen molar-refractivity contribution in [3.05, 3.63) is 42.5 Å². The maximum Gasteiger partial charge on any atom is 0.306 e. The summed E-state index contributed by atoms with van der Waals surface area (Å²) in [5, 5.41) is 34.1. The quantitative estimate of drug-likeness (QED) is 0.621. The van der Waals surface area contributed by atoms with E-state index in [0.29, 0.717) is 12.1 Å². The molecule has 0 saturated carbocycles. The average Bonchev–Trinajstić information content (AvgIpc) is 2.26. The van der Waals surface area contributed by atoms with Crippen LogP contribution in [-0.2, 0) is 0 Å². The van der Waals surface area contributed by atoms with E-state index in [-0.39, 0.29) is 5.69 Å². The minimum Gasteiger partial charge on any atom is -0.377 e. The summed E-state index contributed by atoms with van der Waals surface area (Å²) < 4.78 is 0. The van der Waals surface area contributed by atoms with Gasteiger partial charge in [0.2, 0.25) is 0 Å². The van der Waals surface area contributed by atoms with Crippen molar-refractivity contribution in [1.82, 2.24) is 0 Å². The van der Waals surface area contributed by atoms with Crippen LogP contribution in [0.3, 0.4) is 0 Å². The SMILES string of the molecule is CNc1c([N+](=O)[O-])cc([N+](=O)[O-])cc1[N+](=O)[O-]. The Kier molecular flexibility index (Phi) is 3.17. The summed E-state index contributed by atoms with van der Waals surface area (Å²) in [6.45, 7) is 0. The minimum atomic E-state index is -0.931. The van der Waals surface area contributed by atoms with Crippen molar-refractivity contribution in [2.24, 2.45) is 0 Å². The fraction of sp³-hybridized carbons (Fsp3) is 0.143. The molecule has 0 radical (unpaired) electrons. The fourth-order valence-electron chi connectivity index (χ4n) is 1.25. The van der Waals surface area contributed by atoms with Gasteiger partial charge in [-0.1, -0.05) is 0 Å². The van der Waals surface area contributed by atoms with Crippen molar-refractivity contribution in [1.29, 1.82) is 0 Å². The molecule has 0 heterocycles. The number of nitro groups is 3. The first-order chi connectivity index (χ1) is 7.88. The monoisotopic (exact) mass is 242 g/mol. The molecular weight excluding hydrogens is 236 g/mol. The number of benzene rings is 1. The maximum atomic E-state index is 10.7. The molecule has 0 aromatic heterocycles. The van der Waals surface area contributed by atoms with E-state index in [9.17, 15) is 30.3 Å². The summed E-state index contributed by atoms with van der Waals surface area (Å²) >= 11 is 0. The molecule has 90 valence electrons. The van der Waals surface area contributed by atoms with Crippen LogP contribution in [-0.4, -0.2) is 21.8 Å². The second-order valence-electron chi connectivity index (χ2n) is 2.88. The first-order valence-corrected chi connectivity index (χ1v) is 4.17. The summed E-state index contributed by atoms with van der Waals surface area (Å²) in [4.78, 5) is 29.0. The topological polar surface area (TPSA) is 141 Å². The summed E-state index contributed by atoms with van der Waals surface area (Å²) in [5.41, 5.74) is -2.50. The van der Waals surface area contributed by atoms with Crippen LogP contribution >= 0.6 is 0 Å². The molecule has 10 nitrogen and oxygen atoms in total. The van der Waals surface area contributed by atoms with E-state index in [0.717, 1.165) is 0 Å². The van der Waals surface area contributed by atoms with Gasteiger partial charge in [-0.15, -0.1) is 0 Å². The third-order valence-electron chi connectivity index (χ3n) is 1.94. The molecule has 1 aromatic carbocycles. The van der Waals surface area contributed by atoms with Gasteiger partial charge >= 0.3 is 11.4 Å². The number of rotatable bonds is 4. The zero-order valence-electron chi connectivity index (χ0n) is 8.45. The maximum absolute atomic E-state index is 10.7. The number of hydrogen-bond acceptors (Lipinski definition) is 7. The average molecular weight is 242 g/mol. The van der Waals surface area contributed by atoms with Crippen molar-refractivity contribution in [2.45, 2.75) is 0 Å². The van der Waals surface area contributed by atoms with Crippen LogP contribution in [0, 0.1) is 30.3 Å². The molecular formula is C7H6N4O6. The molecule has 0 spiro atoms. The van der Waals surface area contributed by atoms with Crippen LogP contribution in [0.2, 0.25) is 0 Å². The number of anilines is 1. The molecule has 0 atom stereocenters. The first-order valence-electron chi connectivity index (χ1n) is 4.17. The largest absolute Gasteiger partial charge is 0.377 e. The van der Waals surface area contributed by atoms with E-state index < -0.39 is 31.8 Å². The summed E-state index contributed by atoms with van der Waals surface area (Å²) in [6, 6.07) is 1.33. The highest BCUT2D eigenvalue weighted by Gasteiger charge is 2.29. The van der Waals surface area contributed by atoms with Gasteiger partial charge in [0.15, 0.2) is 5.69 Å². The Morgan fingerprint density at radius 1 is 0.941 bits per heavy atom. The van der Waals surface area contributed by atoms with Crippen molar-refractivity contribution >= 4 is 22.7 Å². The molecule has 0 aliphatic carbocycles. The summed E-state index contributed by atoms with van der Waals surface area (Å²) in [5.74, 6) is 0. The number of non-ortho nitro benzene ring substituents is 1. The van der Waals surface area contributed by atoms with Gasteiger partial charge in [-0.05, 0) is 0 Å². The Labute approximate surface area is 93.3 Å². The van der Waals surface area contributed by atoms with Crippen molar-refractivity contribution in [2.75, 3.05) is 12.4 Å². The summed E-state index contributed by atoms with van der Waals surface area (Å²) in [7, 11) is 1.25. The predicted octanol–water partition coefficient (Wildman–Crippen LogP) is 1.45. The first kappa shape index (κ1) is 12.3. The fourth-order valence-corrected chi connectivity index (χ4v) is 1.25. The van der Waals surface area contributed by atoms with E-state index in [4.69, 9.17) is 0 Å². The van der Waals surface area contributed by atoms with Gasteiger partial charge < -0.3 is 5.32 Å². The second kappa shape index (κ2) is 4.38. The molecule has 0 aliphatic rings. The van der Waals surface area contributed by atoms with Gasteiger partial charge in [-0.2, -0.15) is 0 Å². The van der Waals surface area contributed by atoms with Gasteiger partial charge in [0.05, 0.1) is 26.9 Å². The van der Waals surface area contributed by atoms with E-state index in [1.54, 1.807) is 0 Å². The lowest BCUT2D eigenvalue weighted by atomic mass is 10.2. The lowest BCUT2D eigenvalue weighted by molar-refractivity contribution is -0.401. The standard InChI is InChI=1S/C7H6N4O6/c1-8-7-5(10(14)15)2-4(9(12)13)3-6(7)11(16)17/h2-3,8H,1H3. The number of hydrogen-bond donors (Lipinski definition) is 1. The molecule has 10 heteroatoms. The van der Waals surface area contributed by atoms with Crippen LogP contribution in [0.15, 0.2) is 12.1 Å². The molecule has 0 bridgehead atoms. The lowest BCUT2D eigenvalue weighted by Gasteiger charge is -2.02. The van der Waals surface area contributed by atoms with E-state index in [1.165, 1.54) is 7.05 Å². The molecule has 0 saturated heterocycles. The van der Waals surface area contributed by atoms with Crippen molar-refractivity contribution < 1.29 is 14.8 Å². The highest BCUT2D eigenvalue weighted by molar-refractivity contribution is 5.76. The normalized spacial score (nSPS) is 9.71. The Morgan fingerprint density at radius 2 is 1.35 bits per heavy atom. The second-order valence-corrected chi connectivity index (χ2v) is 2.88. The summed E-state index contributed by atoms with van der Waals surface area (Å²) in [6.07, 6.45) is 0. The molecule has 0 aliphatic heterocycles. The molecule has 1 aromatic rings. The third-order valence-corrected chi connectivity index (χ3v) is 1.94. The highest BCUT2D eigenvalue weighted by Crippen LogP contribution is 2.37. The van der Waals surface area contributed by atoms with E-state index in [1.807, 2.05) is 0 Å². The van der Waals surface area contributed by atoms with E-state index >= 15 is 0 Å². The molecule has 1 N–H and O–H groups in total. The Bertz CT molecular complexity index is 478. The van der Waals surface area contributed by atoms with Crippen LogP contribution < -0.4 is 5.32 Å². The lowest BCUT2D eigenvalue weighted by Crippen LogP contribution is -2.03. The molecule has 0 fully saturated rings. The van der Waals surface area contributed by atoms with Crippen molar-refractivity contribution in [3.8, 4) is 0 Å². The van der Waals surface area contributed by atoms with Crippen molar-refractivity contribution in [3.63, 3.8) is 0 Å². The van der Waals surface area contributed by atoms with Crippen LogP contribution in [0.4, 0.5) is 22.7 Å². The Hall–Kier alpha value is -2.78. The smallest absolute Gasteiger partial charge is 0.306 e. The molecule has 0 unspecified atom stereocenters. The van der Waals surface area contributed by atoms with Crippen LogP contribution in [0.1, 0.15) is 0 Å². The van der Waals surface area contributed by atoms with Gasteiger partial charge in [-0.3, -0.25) is 30.3 Å². The molecule has 17 heavy (non-hydrogen) atoms. The van der Waals surface area contributed by atoms with E-state index in [2.05, 4.69) is 5.32 Å². The van der Waals surface area contributed by atoms with Gasteiger partial charge in [0.1, 0.15) is 0 Å². The van der Waals surface area contributed by atoms with Crippen LogP contribution in [0.25, 0.3) is 0 Å². The highest BCUT2D eigenvalue weighted by atomic mass is 16.6. The Balaban J connectivity index is 3.63. The molecule has 0 amide bonds. The van der Waals surface area contributed by atoms with Gasteiger partial charge in [0.25, 0.3) is 5.69 Å². The Morgan fingerprint density at radius 3 is 1.59 bits per heavy atom. The minimum absolute atomic E-state index is 0.370. The third kappa shape index (κ3) is 2.25.